The molecule has 0 aliphatic carbocycles. The number of amides is 1. The molecular formula is C61H117NO5. The summed E-state index contributed by atoms with van der Waals surface area (Å²) in [7, 11) is 0. The van der Waals surface area contributed by atoms with Crippen LogP contribution in [-0.4, -0.2) is 47.4 Å². The number of rotatable bonds is 56. The Kier molecular flexibility index (Phi) is 55.5. The van der Waals surface area contributed by atoms with E-state index < -0.39 is 12.1 Å². The lowest BCUT2D eigenvalue weighted by Gasteiger charge is -2.22. The number of hydrogen-bond acceptors (Lipinski definition) is 5. The summed E-state index contributed by atoms with van der Waals surface area (Å²) in [5.74, 6) is -0.0382. The van der Waals surface area contributed by atoms with Gasteiger partial charge in [0.15, 0.2) is 0 Å². The average molecular weight is 945 g/mol. The topological polar surface area (TPSA) is 95.9 Å². The Labute approximate surface area is 418 Å². The van der Waals surface area contributed by atoms with Crippen LogP contribution in [0.2, 0.25) is 0 Å². The predicted octanol–water partition coefficient (Wildman–Crippen LogP) is 18.6. The first-order chi connectivity index (χ1) is 33.0. The molecule has 0 aromatic carbocycles. The SMILES string of the molecule is CCCCC/C=C\CCCCCCCC(=O)OCCCCCCCCCCCCCC/C=C\CCCCCCCCCC(=O)NC(CO)C(O)CCCCCCCCCCCCCCCCC. The van der Waals surface area contributed by atoms with E-state index in [9.17, 15) is 19.8 Å². The summed E-state index contributed by atoms with van der Waals surface area (Å²) in [5, 5.41) is 23.3. The van der Waals surface area contributed by atoms with E-state index in [4.69, 9.17) is 4.74 Å². The molecule has 0 rings (SSSR count). The minimum Gasteiger partial charge on any atom is -0.466 e. The minimum atomic E-state index is -0.667. The molecular weight excluding hydrogens is 827 g/mol. The van der Waals surface area contributed by atoms with Gasteiger partial charge in [-0.2, -0.15) is 0 Å². The van der Waals surface area contributed by atoms with E-state index >= 15 is 0 Å². The standard InChI is InChI=1S/C61H117NO5/c1-3-5-7-9-11-13-15-17-27-30-33-37-41-45-49-53-59(64)58(57-63)62-60(65)54-50-46-42-38-34-31-28-25-23-21-19-18-20-22-24-26-29-32-36-40-44-48-52-56-67-61(66)55-51-47-43-39-35-16-14-12-10-8-6-4-2/h12,14,21,23,58-59,63-64H,3-11,13,15-20,22,24-57H2,1-2H3,(H,62,65)/b14-12-,23-21-. The first-order valence-electron chi connectivity index (χ1n) is 30.1. The van der Waals surface area contributed by atoms with Crippen LogP contribution in [0, 0.1) is 0 Å². The Morgan fingerprint density at radius 3 is 1.09 bits per heavy atom. The number of aliphatic hydroxyl groups excluding tert-OH is 2. The van der Waals surface area contributed by atoms with Gasteiger partial charge in [-0.05, 0) is 77.0 Å². The molecule has 0 radical (unpaired) electrons. The number of ether oxygens (including phenoxy) is 1. The second kappa shape index (κ2) is 56.9. The monoisotopic (exact) mass is 944 g/mol. The summed E-state index contributed by atoms with van der Waals surface area (Å²) in [6, 6.07) is -0.545. The van der Waals surface area contributed by atoms with E-state index in [1.807, 2.05) is 0 Å². The first-order valence-corrected chi connectivity index (χ1v) is 30.1. The molecule has 0 saturated heterocycles. The maximum absolute atomic E-state index is 12.5. The normalized spacial score (nSPS) is 12.7. The molecule has 396 valence electrons. The molecule has 0 spiro atoms. The zero-order valence-electron chi connectivity index (χ0n) is 45.1. The molecule has 0 aliphatic rings. The number of hydrogen-bond donors (Lipinski definition) is 3. The summed E-state index contributed by atoms with van der Waals surface area (Å²) in [5.41, 5.74) is 0. The summed E-state index contributed by atoms with van der Waals surface area (Å²) in [4.78, 5) is 24.5. The number of carbonyl (C=O) groups is 2. The van der Waals surface area contributed by atoms with Gasteiger partial charge in [-0.25, -0.2) is 0 Å². The maximum atomic E-state index is 12.5. The smallest absolute Gasteiger partial charge is 0.305 e. The van der Waals surface area contributed by atoms with Crippen molar-refractivity contribution < 1.29 is 24.5 Å². The minimum absolute atomic E-state index is 0.00157. The number of aliphatic hydroxyl groups is 2. The largest absolute Gasteiger partial charge is 0.466 e. The molecule has 6 heteroatoms. The van der Waals surface area contributed by atoms with Crippen molar-refractivity contribution in [3.05, 3.63) is 24.3 Å². The summed E-state index contributed by atoms with van der Waals surface area (Å²) in [6.07, 6.45) is 68.9. The van der Waals surface area contributed by atoms with Crippen LogP contribution in [0.1, 0.15) is 328 Å². The molecule has 2 atom stereocenters. The van der Waals surface area contributed by atoms with Crippen LogP contribution in [-0.2, 0) is 14.3 Å². The molecule has 6 nitrogen and oxygen atoms in total. The van der Waals surface area contributed by atoms with Crippen molar-refractivity contribution in [2.75, 3.05) is 13.2 Å². The van der Waals surface area contributed by atoms with Crippen molar-refractivity contribution in [2.45, 2.75) is 341 Å². The molecule has 0 fully saturated rings. The number of allylic oxidation sites excluding steroid dienone is 4. The Bertz CT molecular complexity index is 1040. The fourth-order valence-electron chi connectivity index (χ4n) is 9.34. The van der Waals surface area contributed by atoms with Crippen LogP contribution in [0.15, 0.2) is 24.3 Å². The third-order valence-corrected chi connectivity index (χ3v) is 14.0. The fraction of sp³-hybridized carbons (Fsp3) is 0.902. The summed E-state index contributed by atoms with van der Waals surface area (Å²) in [6.45, 7) is 4.94. The molecule has 0 heterocycles. The third kappa shape index (κ3) is 53.5. The quantitative estimate of drug-likeness (QED) is 0.0321. The highest BCUT2D eigenvalue weighted by Gasteiger charge is 2.20. The van der Waals surface area contributed by atoms with Gasteiger partial charge in [0.2, 0.25) is 5.91 Å². The summed E-state index contributed by atoms with van der Waals surface area (Å²) < 4.78 is 5.46. The van der Waals surface area contributed by atoms with Gasteiger partial charge < -0.3 is 20.3 Å². The highest BCUT2D eigenvalue weighted by atomic mass is 16.5. The highest BCUT2D eigenvalue weighted by molar-refractivity contribution is 5.76. The van der Waals surface area contributed by atoms with Crippen molar-refractivity contribution >= 4 is 11.9 Å². The molecule has 0 aliphatic heterocycles. The van der Waals surface area contributed by atoms with E-state index in [0.29, 0.717) is 25.9 Å². The lowest BCUT2D eigenvalue weighted by atomic mass is 10.0. The van der Waals surface area contributed by atoms with Crippen LogP contribution in [0.5, 0.6) is 0 Å². The number of carbonyl (C=O) groups excluding carboxylic acids is 2. The van der Waals surface area contributed by atoms with E-state index in [-0.39, 0.29) is 18.5 Å². The summed E-state index contributed by atoms with van der Waals surface area (Å²) >= 11 is 0. The Morgan fingerprint density at radius 2 is 0.701 bits per heavy atom. The van der Waals surface area contributed by atoms with Gasteiger partial charge in [-0.3, -0.25) is 9.59 Å². The van der Waals surface area contributed by atoms with Gasteiger partial charge in [0.05, 0.1) is 25.4 Å². The maximum Gasteiger partial charge on any atom is 0.305 e. The predicted molar refractivity (Wildman–Crippen MR) is 292 cm³/mol. The Hall–Kier alpha value is -1.66. The van der Waals surface area contributed by atoms with Crippen LogP contribution < -0.4 is 5.32 Å². The van der Waals surface area contributed by atoms with Crippen molar-refractivity contribution in [1.29, 1.82) is 0 Å². The molecule has 0 aromatic rings. The molecule has 0 saturated carbocycles. The van der Waals surface area contributed by atoms with Crippen molar-refractivity contribution in [1.82, 2.24) is 5.32 Å². The van der Waals surface area contributed by atoms with Crippen LogP contribution >= 0.6 is 0 Å². The van der Waals surface area contributed by atoms with Gasteiger partial charge >= 0.3 is 5.97 Å². The second-order valence-electron chi connectivity index (χ2n) is 20.7. The zero-order valence-corrected chi connectivity index (χ0v) is 45.1. The first kappa shape index (κ1) is 65.3. The van der Waals surface area contributed by atoms with E-state index in [1.54, 1.807) is 0 Å². The van der Waals surface area contributed by atoms with Crippen LogP contribution in [0.3, 0.4) is 0 Å². The van der Waals surface area contributed by atoms with Gasteiger partial charge in [0, 0.05) is 12.8 Å². The average Bonchev–Trinajstić information content (AvgIpc) is 3.33. The van der Waals surface area contributed by atoms with E-state index in [2.05, 4.69) is 43.5 Å². The molecule has 0 bridgehead atoms. The van der Waals surface area contributed by atoms with Crippen molar-refractivity contribution in [3.8, 4) is 0 Å². The van der Waals surface area contributed by atoms with Gasteiger partial charge in [0.25, 0.3) is 0 Å². The fourth-order valence-corrected chi connectivity index (χ4v) is 9.34. The van der Waals surface area contributed by atoms with E-state index in [1.165, 1.54) is 250 Å². The van der Waals surface area contributed by atoms with E-state index in [0.717, 1.165) is 44.9 Å². The van der Waals surface area contributed by atoms with Crippen molar-refractivity contribution in [3.63, 3.8) is 0 Å². The van der Waals surface area contributed by atoms with Gasteiger partial charge in [-0.15, -0.1) is 0 Å². The number of unbranched alkanes of at least 4 members (excludes halogenated alkanes) is 41. The second-order valence-corrected chi connectivity index (χ2v) is 20.7. The number of nitrogens with one attached hydrogen (secondary N) is 1. The molecule has 3 N–H and O–H groups in total. The Morgan fingerprint density at radius 1 is 0.403 bits per heavy atom. The van der Waals surface area contributed by atoms with Crippen LogP contribution in [0.25, 0.3) is 0 Å². The molecule has 0 aromatic heterocycles. The lowest BCUT2D eigenvalue weighted by molar-refractivity contribution is -0.143. The molecule has 67 heavy (non-hydrogen) atoms. The molecule has 1 amide bonds. The zero-order chi connectivity index (χ0) is 48.6. The number of esters is 1. The van der Waals surface area contributed by atoms with Crippen molar-refractivity contribution in [2.24, 2.45) is 0 Å². The lowest BCUT2D eigenvalue weighted by Crippen LogP contribution is -2.45. The molecule has 2 unspecified atom stereocenters. The van der Waals surface area contributed by atoms with Gasteiger partial charge in [0.1, 0.15) is 0 Å². The highest BCUT2D eigenvalue weighted by Crippen LogP contribution is 2.17. The van der Waals surface area contributed by atoms with Gasteiger partial charge in [-0.1, -0.05) is 263 Å². The van der Waals surface area contributed by atoms with Crippen LogP contribution in [0.4, 0.5) is 0 Å². The Balaban J connectivity index is 3.41. The third-order valence-electron chi connectivity index (χ3n) is 14.0.